The SMILES string of the molecule is Cc1cccc(NC(=O)n2ccc3cc(Oc4ccnc(C(C)(C)O)c4)ccc32)c1. The quantitative estimate of drug-likeness (QED) is 0.477. The van der Waals surface area contributed by atoms with E-state index in [1.165, 1.54) is 0 Å². The first kappa shape index (κ1) is 19.7. The molecule has 2 N–H and O–H groups in total. The maximum absolute atomic E-state index is 12.7. The van der Waals surface area contributed by atoms with Gasteiger partial charge in [-0.2, -0.15) is 0 Å². The fourth-order valence-electron chi connectivity index (χ4n) is 3.21. The molecule has 0 aliphatic heterocycles. The molecule has 0 saturated heterocycles. The molecule has 4 aromatic rings. The van der Waals surface area contributed by atoms with Gasteiger partial charge in [-0.25, -0.2) is 4.79 Å². The molecule has 4 rings (SSSR count). The predicted molar refractivity (Wildman–Crippen MR) is 117 cm³/mol. The molecule has 0 unspecified atom stereocenters. The van der Waals surface area contributed by atoms with Crippen molar-refractivity contribution in [2.45, 2.75) is 26.4 Å². The Kier molecular flexibility index (Phi) is 5.01. The van der Waals surface area contributed by atoms with E-state index in [4.69, 9.17) is 4.74 Å². The topological polar surface area (TPSA) is 76.4 Å². The number of carbonyl (C=O) groups excluding carboxylic acids is 1. The van der Waals surface area contributed by atoms with Crippen LogP contribution in [0, 0.1) is 6.92 Å². The Morgan fingerprint density at radius 1 is 1.07 bits per heavy atom. The standard InChI is InChI=1S/C24H23N3O3/c1-16-5-4-6-18(13-16)26-23(28)27-12-10-17-14-19(7-8-21(17)27)30-20-9-11-25-22(15-20)24(2,3)29/h4-15,29H,1-3H3,(H,26,28). The second-order valence-electron chi connectivity index (χ2n) is 7.74. The first-order chi connectivity index (χ1) is 14.3. The lowest BCUT2D eigenvalue weighted by molar-refractivity contribution is 0.0736. The van der Waals surface area contributed by atoms with E-state index in [1.807, 2.05) is 55.5 Å². The van der Waals surface area contributed by atoms with Gasteiger partial charge in [-0.15, -0.1) is 0 Å². The molecule has 0 spiro atoms. The minimum atomic E-state index is -1.05. The molecule has 6 nitrogen and oxygen atoms in total. The molecule has 0 atom stereocenters. The molecular weight excluding hydrogens is 378 g/mol. The Morgan fingerprint density at radius 3 is 2.63 bits per heavy atom. The second-order valence-corrected chi connectivity index (χ2v) is 7.74. The smallest absolute Gasteiger partial charge is 0.330 e. The monoisotopic (exact) mass is 401 g/mol. The Labute approximate surface area is 174 Å². The number of amides is 1. The summed E-state index contributed by atoms with van der Waals surface area (Å²) in [6.45, 7) is 5.33. The number of aryl methyl sites for hydroxylation is 1. The van der Waals surface area contributed by atoms with Gasteiger partial charge in [-0.1, -0.05) is 12.1 Å². The third-order valence-electron chi connectivity index (χ3n) is 4.74. The van der Waals surface area contributed by atoms with Gasteiger partial charge in [0.25, 0.3) is 0 Å². The lowest BCUT2D eigenvalue weighted by atomic mass is 10.1. The lowest BCUT2D eigenvalue weighted by Crippen LogP contribution is -2.18. The van der Waals surface area contributed by atoms with Gasteiger partial charge in [0, 0.05) is 29.5 Å². The molecule has 0 saturated carbocycles. The Morgan fingerprint density at radius 2 is 1.87 bits per heavy atom. The van der Waals surface area contributed by atoms with Crippen LogP contribution in [0.25, 0.3) is 10.9 Å². The molecule has 0 bridgehead atoms. The minimum Gasteiger partial charge on any atom is -0.457 e. The zero-order chi connectivity index (χ0) is 21.3. The summed E-state index contributed by atoms with van der Waals surface area (Å²) in [6, 6.07) is 18.3. The van der Waals surface area contributed by atoms with E-state index in [2.05, 4.69) is 10.3 Å². The zero-order valence-corrected chi connectivity index (χ0v) is 17.1. The summed E-state index contributed by atoms with van der Waals surface area (Å²) in [5, 5.41) is 13.9. The molecule has 6 heteroatoms. The summed E-state index contributed by atoms with van der Waals surface area (Å²) in [7, 11) is 0. The third-order valence-corrected chi connectivity index (χ3v) is 4.74. The molecule has 1 amide bonds. The highest BCUT2D eigenvalue weighted by molar-refractivity contribution is 5.98. The number of benzene rings is 2. The Bertz CT molecular complexity index is 1220. The summed E-state index contributed by atoms with van der Waals surface area (Å²) in [4.78, 5) is 16.9. The van der Waals surface area contributed by atoms with Crippen LogP contribution in [0.5, 0.6) is 11.5 Å². The van der Waals surface area contributed by atoms with E-state index in [0.717, 1.165) is 22.2 Å². The highest BCUT2D eigenvalue weighted by atomic mass is 16.5. The first-order valence-corrected chi connectivity index (χ1v) is 9.65. The van der Waals surface area contributed by atoms with E-state index in [1.54, 1.807) is 42.9 Å². The summed E-state index contributed by atoms with van der Waals surface area (Å²) in [5.41, 5.74) is 2.09. The van der Waals surface area contributed by atoms with E-state index in [0.29, 0.717) is 17.2 Å². The average Bonchev–Trinajstić information content (AvgIpc) is 3.11. The number of nitrogens with one attached hydrogen (secondary N) is 1. The van der Waals surface area contributed by atoms with Crippen LogP contribution in [0.3, 0.4) is 0 Å². The Hall–Kier alpha value is -3.64. The molecule has 2 aromatic heterocycles. The van der Waals surface area contributed by atoms with Crippen LogP contribution in [-0.2, 0) is 5.60 Å². The van der Waals surface area contributed by atoms with Crippen LogP contribution in [0.1, 0.15) is 25.1 Å². The van der Waals surface area contributed by atoms with Crippen molar-refractivity contribution in [3.05, 3.63) is 84.3 Å². The molecule has 152 valence electrons. The first-order valence-electron chi connectivity index (χ1n) is 9.65. The van der Waals surface area contributed by atoms with Crippen LogP contribution in [0.4, 0.5) is 10.5 Å². The number of hydrogen-bond donors (Lipinski definition) is 2. The van der Waals surface area contributed by atoms with E-state index >= 15 is 0 Å². The van der Waals surface area contributed by atoms with Crippen LogP contribution in [-0.4, -0.2) is 20.7 Å². The average molecular weight is 401 g/mol. The van der Waals surface area contributed by atoms with Gasteiger partial charge in [0.05, 0.1) is 11.2 Å². The van der Waals surface area contributed by atoms with Crippen LogP contribution >= 0.6 is 0 Å². The normalized spacial score (nSPS) is 11.5. The largest absolute Gasteiger partial charge is 0.457 e. The van der Waals surface area contributed by atoms with Crippen molar-refractivity contribution in [3.8, 4) is 11.5 Å². The van der Waals surface area contributed by atoms with Crippen LogP contribution in [0.2, 0.25) is 0 Å². The summed E-state index contributed by atoms with van der Waals surface area (Å²) in [6.07, 6.45) is 3.34. The fourth-order valence-corrected chi connectivity index (χ4v) is 3.21. The number of nitrogens with zero attached hydrogens (tertiary/aromatic N) is 2. The van der Waals surface area contributed by atoms with Crippen LogP contribution < -0.4 is 10.1 Å². The van der Waals surface area contributed by atoms with E-state index in [-0.39, 0.29) is 6.03 Å². The second kappa shape index (κ2) is 7.65. The van der Waals surface area contributed by atoms with E-state index < -0.39 is 5.60 Å². The number of anilines is 1. The molecule has 0 aliphatic carbocycles. The van der Waals surface area contributed by atoms with Crippen molar-refractivity contribution >= 4 is 22.6 Å². The highest BCUT2D eigenvalue weighted by Crippen LogP contribution is 2.28. The molecule has 30 heavy (non-hydrogen) atoms. The number of carbonyl (C=O) groups is 1. The summed E-state index contributed by atoms with van der Waals surface area (Å²) < 4.78 is 7.51. The maximum Gasteiger partial charge on any atom is 0.330 e. The third kappa shape index (κ3) is 4.18. The molecule has 0 radical (unpaired) electrons. The lowest BCUT2D eigenvalue weighted by Gasteiger charge is -2.17. The van der Waals surface area contributed by atoms with Crippen molar-refractivity contribution in [1.82, 2.24) is 9.55 Å². The van der Waals surface area contributed by atoms with Crippen molar-refractivity contribution in [3.63, 3.8) is 0 Å². The Balaban J connectivity index is 1.56. The maximum atomic E-state index is 12.7. The van der Waals surface area contributed by atoms with Crippen molar-refractivity contribution in [2.24, 2.45) is 0 Å². The number of fused-ring (bicyclic) bond motifs is 1. The van der Waals surface area contributed by atoms with Gasteiger partial charge in [0.1, 0.15) is 17.1 Å². The van der Waals surface area contributed by atoms with E-state index in [9.17, 15) is 9.90 Å². The number of rotatable bonds is 4. The molecule has 2 aromatic carbocycles. The van der Waals surface area contributed by atoms with Gasteiger partial charge >= 0.3 is 6.03 Å². The molecular formula is C24H23N3O3. The van der Waals surface area contributed by atoms with Gasteiger partial charge < -0.3 is 15.2 Å². The molecule has 0 fully saturated rings. The number of aliphatic hydroxyl groups is 1. The fraction of sp³-hybridized carbons (Fsp3) is 0.167. The number of hydrogen-bond acceptors (Lipinski definition) is 4. The number of ether oxygens (including phenoxy) is 1. The van der Waals surface area contributed by atoms with Gasteiger partial charge in [-0.05, 0) is 68.8 Å². The summed E-state index contributed by atoms with van der Waals surface area (Å²) >= 11 is 0. The zero-order valence-electron chi connectivity index (χ0n) is 17.1. The molecule has 0 aliphatic rings. The molecule has 2 heterocycles. The predicted octanol–water partition coefficient (Wildman–Crippen LogP) is 5.44. The van der Waals surface area contributed by atoms with Gasteiger partial charge in [0.2, 0.25) is 0 Å². The number of aromatic nitrogens is 2. The summed E-state index contributed by atoms with van der Waals surface area (Å²) in [5.74, 6) is 1.21. The van der Waals surface area contributed by atoms with Crippen molar-refractivity contribution in [2.75, 3.05) is 5.32 Å². The van der Waals surface area contributed by atoms with Crippen molar-refractivity contribution in [1.29, 1.82) is 0 Å². The van der Waals surface area contributed by atoms with Gasteiger partial charge in [0.15, 0.2) is 0 Å². The van der Waals surface area contributed by atoms with Crippen molar-refractivity contribution < 1.29 is 14.6 Å². The number of pyridine rings is 1. The minimum absolute atomic E-state index is 0.228. The van der Waals surface area contributed by atoms with Crippen LogP contribution in [0.15, 0.2) is 73.1 Å². The highest BCUT2D eigenvalue weighted by Gasteiger charge is 2.18. The van der Waals surface area contributed by atoms with Gasteiger partial charge in [-0.3, -0.25) is 9.55 Å².